The van der Waals surface area contributed by atoms with Crippen LogP contribution in [0.1, 0.15) is 37.3 Å². The van der Waals surface area contributed by atoms with Crippen molar-refractivity contribution in [2.45, 2.75) is 31.7 Å². The summed E-state index contributed by atoms with van der Waals surface area (Å²) < 4.78 is 11.5. The van der Waals surface area contributed by atoms with Crippen molar-refractivity contribution in [1.29, 1.82) is 0 Å². The Morgan fingerprint density at radius 2 is 1.71 bits per heavy atom. The van der Waals surface area contributed by atoms with Crippen LogP contribution < -0.4 is 15.2 Å². The van der Waals surface area contributed by atoms with Gasteiger partial charge in [0.1, 0.15) is 0 Å². The lowest BCUT2D eigenvalue weighted by Gasteiger charge is -2.18. The van der Waals surface area contributed by atoms with Gasteiger partial charge in [0.15, 0.2) is 11.5 Å². The van der Waals surface area contributed by atoms with Crippen LogP contribution >= 0.6 is 0 Å². The maximum absolute atomic E-state index is 6.62. The zero-order chi connectivity index (χ0) is 14.0. The minimum atomic E-state index is 0.181. The van der Waals surface area contributed by atoms with Gasteiger partial charge < -0.3 is 15.2 Å². The Morgan fingerprint density at radius 3 is 2.48 bits per heavy atom. The van der Waals surface area contributed by atoms with Crippen molar-refractivity contribution in [2.75, 3.05) is 13.2 Å². The molecule has 3 fully saturated rings. The SMILES string of the molecule is NC(c1ccc2c(c1)OCCCO2)C1C2C3CCC(C3)C21. The second-order valence-corrected chi connectivity index (χ2v) is 7.35. The minimum absolute atomic E-state index is 0.181. The highest BCUT2D eigenvalue weighted by Gasteiger charge is 2.66. The second kappa shape index (κ2) is 4.39. The Bertz CT molecular complexity index is 556. The van der Waals surface area contributed by atoms with Gasteiger partial charge in [0.25, 0.3) is 0 Å². The summed E-state index contributed by atoms with van der Waals surface area (Å²) in [6, 6.07) is 6.50. The second-order valence-electron chi connectivity index (χ2n) is 7.35. The molecule has 1 aromatic rings. The molecule has 3 aliphatic carbocycles. The summed E-state index contributed by atoms with van der Waals surface area (Å²) >= 11 is 0. The average molecular weight is 285 g/mol. The van der Waals surface area contributed by atoms with Gasteiger partial charge in [0, 0.05) is 12.5 Å². The third-order valence-corrected chi connectivity index (χ3v) is 6.37. The molecule has 3 nitrogen and oxygen atoms in total. The van der Waals surface area contributed by atoms with Gasteiger partial charge in [0.05, 0.1) is 13.2 Å². The molecule has 5 rings (SSSR count). The Balaban J connectivity index is 1.40. The predicted molar refractivity (Wildman–Crippen MR) is 80.3 cm³/mol. The number of hydrogen-bond donors (Lipinski definition) is 1. The van der Waals surface area contributed by atoms with Crippen LogP contribution in [0.5, 0.6) is 11.5 Å². The number of nitrogens with two attached hydrogens (primary N) is 1. The van der Waals surface area contributed by atoms with E-state index in [2.05, 4.69) is 12.1 Å². The van der Waals surface area contributed by atoms with Crippen LogP contribution in [0.2, 0.25) is 0 Å². The molecule has 0 saturated heterocycles. The molecule has 2 bridgehead atoms. The van der Waals surface area contributed by atoms with Gasteiger partial charge in [-0.3, -0.25) is 0 Å². The smallest absolute Gasteiger partial charge is 0.161 e. The lowest BCUT2D eigenvalue weighted by molar-refractivity contribution is 0.297. The van der Waals surface area contributed by atoms with E-state index in [4.69, 9.17) is 15.2 Å². The van der Waals surface area contributed by atoms with Gasteiger partial charge in [-0.25, -0.2) is 0 Å². The first-order valence-corrected chi connectivity index (χ1v) is 8.48. The highest BCUT2D eigenvalue weighted by atomic mass is 16.5. The normalized spacial score (nSPS) is 40.5. The van der Waals surface area contributed by atoms with E-state index in [0.29, 0.717) is 0 Å². The van der Waals surface area contributed by atoms with E-state index in [9.17, 15) is 0 Å². The Morgan fingerprint density at radius 1 is 1.00 bits per heavy atom. The zero-order valence-electron chi connectivity index (χ0n) is 12.3. The molecule has 1 aromatic carbocycles. The summed E-state index contributed by atoms with van der Waals surface area (Å²) in [7, 11) is 0. The molecule has 3 saturated carbocycles. The number of benzene rings is 1. The number of fused-ring (bicyclic) bond motifs is 6. The van der Waals surface area contributed by atoms with Crippen molar-refractivity contribution >= 4 is 0 Å². The van der Waals surface area contributed by atoms with Crippen LogP contribution in [0.25, 0.3) is 0 Å². The minimum Gasteiger partial charge on any atom is -0.490 e. The molecule has 0 amide bonds. The molecule has 2 N–H and O–H groups in total. The maximum Gasteiger partial charge on any atom is 0.161 e. The Labute approximate surface area is 125 Å². The monoisotopic (exact) mass is 285 g/mol. The van der Waals surface area contributed by atoms with E-state index >= 15 is 0 Å². The Kier molecular flexibility index (Phi) is 2.58. The first-order valence-electron chi connectivity index (χ1n) is 8.48. The molecule has 5 unspecified atom stereocenters. The first kappa shape index (κ1) is 12.3. The van der Waals surface area contributed by atoms with Crippen molar-refractivity contribution < 1.29 is 9.47 Å². The molecule has 5 atom stereocenters. The fourth-order valence-electron chi connectivity index (χ4n) is 5.48. The molecular formula is C18H23NO2. The maximum atomic E-state index is 6.62. The quantitative estimate of drug-likeness (QED) is 0.908. The van der Waals surface area contributed by atoms with E-state index < -0.39 is 0 Å². The van der Waals surface area contributed by atoms with Crippen molar-refractivity contribution in [1.82, 2.24) is 0 Å². The van der Waals surface area contributed by atoms with E-state index in [1.807, 2.05) is 6.07 Å². The van der Waals surface area contributed by atoms with Crippen LogP contribution in [0.15, 0.2) is 18.2 Å². The van der Waals surface area contributed by atoms with Crippen molar-refractivity contribution in [3.63, 3.8) is 0 Å². The fourth-order valence-corrected chi connectivity index (χ4v) is 5.48. The largest absolute Gasteiger partial charge is 0.490 e. The molecule has 21 heavy (non-hydrogen) atoms. The first-order chi connectivity index (χ1) is 10.3. The number of hydrogen-bond acceptors (Lipinski definition) is 3. The average Bonchev–Trinajstić information content (AvgIpc) is 3.06. The molecule has 112 valence electrons. The van der Waals surface area contributed by atoms with Crippen LogP contribution in [-0.2, 0) is 0 Å². The Hall–Kier alpha value is -1.22. The fraction of sp³-hybridized carbons (Fsp3) is 0.667. The summed E-state index contributed by atoms with van der Waals surface area (Å²) in [4.78, 5) is 0. The molecular weight excluding hydrogens is 262 g/mol. The van der Waals surface area contributed by atoms with Gasteiger partial charge >= 0.3 is 0 Å². The van der Waals surface area contributed by atoms with Crippen molar-refractivity contribution in [3.8, 4) is 11.5 Å². The zero-order valence-corrected chi connectivity index (χ0v) is 12.3. The summed E-state index contributed by atoms with van der Waals surface area (Å²) in [6.45, 7) is 1.49. The van der Waals surface area contributed by atoms with Crippen LogP contribution in [0.4, 0.5) is 0 Å². The van der Waals surface area contributed by atoms with Gasteiger partial charge in [-0.15, -0.1) is 0 Å². The van der Waals surface area contributed by atoms with Gasteiger partial charge in [-0.1, -0.05) is 6.07 Å². The summed E-state index contributed by atoms with van der Waals surface area (Å²) in [6.07, 6.45) is 5.35. The summed E-state index contributed by atoms with van der Waals surface area (Å²) in [5.74, 6) is 6.30. The lowest BCUT2D eigenvalue weighted by atomic mass is 9.93. The standard InChI is InChI=1S/C18H23NO2/c19-18(17-15-10-2-3-11(8-10)16(15)17)12-4-5-13-14(9-12)21-7-1-6-20-13/h4-5,9-11,15-18H,1-3,6-8,19H2. The van der Waals surface area contributed by atoms with Crippen LogP contribution in [-0.4, -0.2) is 13.2 Å². The summed E-state index contributed by atoms with van der Waals surface area (Å²) in [5, 5.41) is 0. The van der Waals surface area contributed by atoms with E-state index in [0.717, 1.165) is 60.7 Å². The predicted octanol–water partition coefficient (Wildman–Crippen LogP) is 3.14. The van der Waals surface area contributed by atoms with Gasteiger partial charge in [-0.05, 0) is 66.5 Å². The molecule has 0 spiro atoms. The van der Waals surface area contributed by atoms with E-state index in [-0.39, 0.29) is 6.04 Å². The topological polar surface area (TPSA) is 44.5 Å². The van der Waals surface area contributed by atoms with Crippen molar-refractivity contribution in [3.05, 3.63) is 23.8 Å². The molecule has 4 aliphatic rings. The van der Waals surface area contributed by atoms with Crippen molar-refractivity contribution in [2.24, 2.45) is 35.3 Å². The lowest BCUT2D eigenvalue weighted by Crippen LogP contribution is -2.17. The third-order valence-electron chi connectivity index (χ3n) is 6.37. The third kappa shape index (κ3) is 1.76. The van der Waals surface area contributed by atoms with Gasteiger partial charge in [0.2, 0.25) is 0 Å². The van der Waals surface area contributed by atoms with Crippen LogP contribution in [0.3, 0.4) is 0 Å². The molecule has 3 heteroatoms. The molecule has 0 aromatic heterocycles. The number of rotatable bonds is 2. The summed E-state index contributed by atoms with van der Waals surface area (Å²) in [5.41, 5.74) is 7.85. The number of ether oxygens (including phenoxy) is 2. The van der Waals surface area contributed by atoms with Crippen LogP contribution in [0, 0.1) is 29.6 Å². The highest BCUT2D eigenvalue weighted by Crippen LogP contribution is 2.71. The van der Waals surface area contributed by atoms with Gasteiger partial charge in [-0.2, -0.15) is 0 Å². The molecule has 0 radical (unpaired) electrons. The molecule has 1 aliphatic heterocycles. The van der Waals surface area contributed by atoms with E-state index in [1.165, 1.54) is 24.8 Å². The highest BCUT2D eigenvalue weighted by molar-refractivity contribution is 5.45. The molecule has 1 heterocycles. The van der Waals surface area contributed by atoms with E-state index in [1.54, 1.807) is 0 Å².